The van der Waals surface area contributed by atoms with Gasteiger partial charge in [-0.15, -0.1) is 0 Å². The summed E-state index contributed by atoms with van der Waals surface area (Å²) in [5, 5.41) is 9.55. The molecule has 2 aromatic heterocycles. The molecule has 124 valence electrons. The first-order chi connectivity index (χ1) is 11.6. The van der Waals surface area contributed by atoms with Crippen LogP contribution in [0.25, 0.3) is 22.8 Å². The minimum atomic E-state index is -0.886. The molecule has 3 rings (SSSR count). The Hall–Kier alpha value is -2.60. The molecule has 1 aromatic carbocycles. The average Bonchev–Trinajstić information content (AvgIpc) is 3.20. The lowest BCUT2D eigenvalue weighted by Gasteiger charge is -2.00. The number of carboxylic acids is 1. The van der Waals surface area contributed by atoms with Crippen LogP contribution in [0.2, 0.25) is 5.02 Å². The van der Waals surface area contributed by atoms with Gasteiger partial charge in [-0.3, -0.25) is 4.79 Å². The van der Waals surface area contributed by atoms with Gasteiger partial charge in [0.1, 0.15) is 23.0 Å². The highest BCUT2D eigenvalue weighted by molar-refractivity contribution is 6.30. The summed E-state index contributed by atoms with van der Waals surface area (Å²) in [5.74, 6) is 0.846. The lowest BCUT2D eigenvalue weighted by atomic mass is 10.1. The number of aliphatic carboxylic acids is 1. The van der Waals surface area contributed by atoms with Gasteiger partial charge >= 0.3 is 5.97 Å². The van der Waals surface area contributed by atoms with Gasteiger partial charge in [-0.1, -0.05) is 30.7 Å². The van der Waals surface area contributed by atoms with E-state index < -0.39 is 5.97 Å². The summed E-state index contributed by atoms with van der Waals surface area (Å²) in [4.78, 5) is 22.9. The Morgan fingerprint density at radius 3 is 2.67 bits per heavy atom. The van der Waals surface area contributed by atoms with Crippen LogP contribution in [0.1, 0.15) is 24.9 Å². The van der Waals surface area contributed by atoms with Crippen LogP contribution >= 0.6 is 11.6 Å². The SMILES string of the molecule is CCc1nc(-c2nc(-c3ccc(Cl)cc3)c(CCC(=O)O)o2)c[nH]1. The van der Waals surface area contributed by atoms with Crippen molar-refractivity contribution in [2.24, 2.45) is 0 Å². The summed E-state index contributed by atoms with van der Waals surface area (Å²) in [6, 6.07) is 7.18. The number of nitrogens with zero attached hydrogens (tertiary/aromatic N) is 2. The molecule has 24 heavy (non-hydrogen) atoms. The van der Waals surface area contributed by atoms with Gasteiger partial charge in [-0.2, -0.15) is 0 Å². The molecule has 7 heteroatoms. The number of hydrogen-bond acceptors (Lipinski definition) is 4. The maximum Gasteiger partial charge on any atom is 0.303 e. The van der Waals surface area contributed by atoms with Gasteiger partial charge in [0, 0.05) is 29.6 Å². The second kappa shape index (κ2) is 6.88. The van der Waals surface area contributed by atoms with Crippen LogP contribution in [0.4, 0.5) is 0 Å². The normalized spacial score (nSPS) is 10.9. The second-order valence-electron chi connectivity index (χ2n) is 5.28. The number of rotatable bonds is 6. The molecule has 0 saturated carbocycles. The minimum Gasteiger partial charge on any atom is -0.481 e. The number of carbonyl (C=O) groups is 1. The van der Waals surface area contributed by atoms with Gasteiger partial charge in [0.15, 0.2) is 0 Å². The van der Waals surface area contributed by atoms with Gasteiger partial charge in [0.25, 0.3) is 0 Å². The van der Waals surface area contributed by atoms with E-state index in [-0.39, 0.29) is 12.8 Å². The van der Waals surface area contributed by atoms with Crippen LogP contribution in [-0.2, 0) is 17.6 Å². The third kappa shape index (κ3) is 3.49. The first-order valence-electron chi connectivity index (χ1n) is 7.59. The van der Waals surface area contributed by atoms with E-state index in [0.717, 1.165) is 17.8 Å². The highest BCUT2D eigenvalue weighted by Crippen LogP contribution is 2.30. The fourth-order valence-electron chi connectivity index (χ4n) is 2.34. The van der Waals surface area contributed by atoms with Crippen LogP contribution in [0.5, 0.6) is 0 Å². The first kappa shape index (κ1) is 16.3. The van der Waals surface area contributed by atoms with Crippen LogP contribution in [0, 0.1) is 0 Å². The van der Waals surface area contributed by atoms with Crippen molar-refractivity contribution in [2.75, 3.05) is 0 Å². The van der Waals surface area contributed by atoms with Crippen molar-refractivity contribution in [3.8, 4) is 22.8 Å². The molecule has 0 aliphatic rings. The standard InChI is InChI=1S/C17H16ClN3O3/c1-2-14-19-9-12(20-14)17-21-16(10-3-5-11(18)6-4-10)13(24-17)7-8-15(22)23/h3-6,9H,2,7-8H2,1H3,(H,19,20)(H,22,23). The minimum absolute atomic E-state index is 0.0317. The summed E-state index contributed by atoms with van der Waals surface area (Å²) in [6.07, 6.45) is 2.73. The number of nitrogens with one attached hydrogen (secondary N) is 1. The molecule has 0 aliphatic heterocycles. The van der Waals surface area contributed by atoms with Crippen molar-refractivity contribution < 1.29 is 14.3 Å². The molecular formula is C17H16ClN3O3. The molecule has 0 aliphatic carbocycles. The maximum absolute atomic E-state index is 10.9. The number of hydrogen-bond donors (Lipinski definition) is 2. The molecule has 0 atom stereocenters. The highest BCUT2D eigenvalue weighted by Gasteiger charge is 2.18. The Kier molecular flexibility index (Phi) is 4.66. The van der Waals surface area contributed by atoms with Gasteiger partial charge in [-0.25, -0.2) is 9.97 Å². The molecule has 6 nitrogen and oxygen atoms in total. The highest BCUT2D eigenvalue weighted by atomic mass is 35.5. The number of benzene rings is 1. The molecule has 0 spiro atoms. The Morgan fingerprint density at radius 2 is 2.04 bits per heavy atom. The smallest absolute Gasteiger partial charge is 0.303 e. The number of aromatic nitrogens is 3. The monoisotopic (exact) mass is 345 g/mol. The molecule has 2 N–H and O–H groups in total. The molecule has 0 bridgehead atoms. The predicted octanol–water partition coefficient (Wildman–Crippen LogP) is 3.96. The van der Waals surface area contributed by atoms with E-state index in [2.05, 4.69) is 15.0 Å². The average molecular weight is 346 g/mol. The zero-order valence-corrected chi connectivity index (χ0v) is 13.8. The van der Waals surface area contributed by atoms with Crippen LogP contribution < -0.4 is 0 Å². The number of halogens is 1. The Bertz CT molecular complexity index is 852. The predicted molar refractivity (Wildman–Crippen MR) is 89.9 cm³/mol. The van der Waals surface area contributed by atoms with Crippen molar-refractivity contribution in [3.63, 3.8) is 0 Å². The fourth-order valence-corrected chi connectivity index (χ4v) is 2.46. The number of aryl methyl sites for hydroxylation is 2. The maximum atomic E-state index is 10.9. The molecule has 0 radical (unpaired) electrons. The topological polar surface area (TPSA) is 92.0 Å². The molecular weight excluding hydrogens is 330 g/mol. The fraction of sp³-hybridized carbons (Fsp3) is 0.235. The zero-order chi connectivity index (χ0) is 17.1. The molecule has 0 unspecified atom stereocenters. The van der Waals surface area contributed by atoms with E-state index in [1.165, 1.54) is 0 Å². The van der Waals surface area contributed by atoms with Gasteiger partial charge < -0.3 is 14.5 Å². The van der Waals surface area contributed by atoms with Crippen molar-refractivity contribution in [3.05, 3.63) is 47.1 Å². The quantitative estimate of drug-likeness (QED) is 0.705. The van der Waals surface area contributed by atoms with Gasteiger partial charge in [0.2, 0.25) is 5.89 Å². The van der Waals surface area contributed by atoms with E-state index in [1.54, 1.807) is 18.3 Å². The zero-order valence-electron chi connectivity index (χ0n) is 13.0. The summed E-state index contributed by atoms with van der Waals surface area (Å²) in [7, 11) is 0. The number of imidazole rings is 1. The van der Waals surface area contributed by atoms with Crippen LogP contribution in [0.3, 0.4) is 0 Å². The van der Waals surface area contributed by atoms with Gasteiger partial charge in [0.05, 0.1) is 6.42 Å². The number of aromatic amines is 1. The third-order valence-electron chi connectivity index (χ3n) is 3.57. The third-order valence-corrected chi connectivity index (χ3v) is 3.82. The Morgan fingerprint density at radius 1 is 1.29 bits per heavy atom. The van der Waals surface area contributed by atoms with E-state index in [4.69, 9.17) is 21.1 Å². The van der Waals surface area contributed by atoms with Crippen LogP contribution in [-0.4, -0.2) is 26.0 Å². The number of H-pyrrole nitrogens is 1. The van der Waals surface area contributed by atoms with E-state index in [1.807, 2.05) is 19.1 Å². The number of carboxylic acid groups (broad SMARTS) is 1. The second-order valence-corrected chi connectivity index (χ2v) is 5.71. The van der Waals surface area contributed by atoms with Crippen molar-refractivity contribution in [1.82, 2.24) is 15.0 Å². The van der Waals surface area contributed by atoms with Crippen molar-refractivity contribution in [1.29, 1.82) is 0 Å². The summed E-state index contributed by atoms with van der Waals surface area (Å²) in [6.45, 7) is 2.00. The Balaban J connectivity index is 2.01. The van der Waals surface area contributed by atoms with Crippen LogP contribution in [0.15, 0.2) is 34.9 Å². The Labute approximate surface area is 143 Å². The van der Waals surface area contributed by atoms with E-state index in [9.17, 15) is 4.79 Å². The summed E-state index contributed by atoms with van der Waals surface area (Å²) >= 11 is 5.93. The van der Waals surface area contributed by atoms with Crippen molar-refractivity contribution >= 4 is 17.6 Å². The molecule has 0 saturated heterocycles. The molecule has 3 aromatic rings. The molecule has 2 heterocycles. The largest absolute Gasteiger partial charge is 0.481 e. The molecule has 0 fully saturated rings. The first-order valence-corrected chi connectivity index (χ1v) is 7.96. The number of oxazole rings is 1. The van der Waals surface area contributed by atoms with Crippen molar-refractivity contribution in [2.45, 2.75) is 26.2 Å². The summed E-state index contributed by atoms with van der Waals surface area (Å²) in [5.41, 5.74) is 2.04. The van der Waals surface area contributed by atoms with E-state index in [0.29, 0.717) is 28.1 Å². The lowest BCUT2D eigenvalue weighted by molar-refractivity contribution is -0.137. The lowest BCUT2D eigenvalue weighted by Crippen LogP contribution is -1.97. The summed E-state index contributed by atoms with van der Waals surface area (Å²) < 4.78 is 5.80. The molecule has 0 amide bonds. The van der Waals surface area contributed by atoms with Gasteiger partial charge in [-0.05, 0) is 12.1 Å². The van der Waals surface area contributed by atoms with E-state index >= 15 is 0 Å².